The molecule has 0 radical (unpaired) electrons. The molecule has 1 aliphatic heterocycles. The van der Waals surface area contributed by atoms with Crippen molar-refractivity contribution in [2.45, 2.75) is 6.92 Å². The molecule has 0 N–H and O–H groups in total. The molecule has 5 nitrogen and oxygen atoms in total. The summed E-state index contributed by atoms with van der Waals surface area (Å²) in [4.78, 5) is 4.53. The lowest BCUT2D eigenvalue weighted by Gasteiger charge is -2.11. The second-order valence-electron chi connectivity index (χ2n) is 5.26. The van der Waals surface area contributed by atoms with Gasteiger partial charge in [-0.1, -0.05) is 0 Å². The van der Waals surface area contributed by atoms with E-state index in [9.17, 15) is 0 Å². The molecule has 4 rings (SSSR count). The van der Waals surface area contributed by atoms with Crippen molar-refractivity contribution >= 4 is 10.9 Å². The highest BCUT2D eigenvalue weighted by Gasteiger charge is 2.15. The van der Waals surface area contributed by atoms with Gasteiger partial charge >= 0.3 is 0 Å². The molecule has 0 aliphatic carbocycles. The second-order valence-corrected chi connectivity index (χ2v) is 5.26. The van der Waals surface area contributed by atoms with E-state index in [0.29, 0.717) is 11.5 Å². The molecule has 23 heavy (non-hydrogen) atoms. The van der Waals surface area contributed by atoms with Crippen LogP contribution in [-0.4, -0.2) is 18.9 Å². The third-order valence-corrected chi connectivity index (χ3v) is 3.68. The molecule has 0 bridgehead atoms. The third-order valence-electron chi connectivity index (χ3n) is 3.68. The van der Waals surface area contributed by atoms with Crippen molar-refractivity contribution in [1.29, 1.82) is 0 Å². The van der Waals surface area contributed by atoms with Crippen LogP contribution < -0.4 is 18.9 Å². The van der Waals surface area contributed by atoms with Crippen molar-refractivity contribution in [1.82, 2.24) is 4.98 Å². The minimum Gasteiger partial charge on any atom is -0.497 e. The largest absolute Gasteiger partial charge is 0.497 e. The standard InChI is InChI=1S/C18H15NO4/c1-11-7-17(14-8-12(20-2)3-5-15(14)19-11)23-13-4-6-16-18(9-13)22-10-21-16/h3-9H,10H2,1-2H3. The Morgan fingerprint density at radius 2 is 1.78 bits per heavy atom. The Hall–Kier alpha value is -2.95. The van der Waals surface area contributed by atoms with Crippen molar-refractivity contribution in [3.05, 3.63) is 48.2 Å². The average Bonchev–Trinajstić information content (AvgIpc) is 3.02. The van der Waals surface area contributed by atoms with Gasteiger partial charge < -0.3 is 18.9 Å². The van der Waals surface area contributed by atoms with Crippen LogP contribution in [0.2, 0.25) is 0 Å². The number of hydrogen-bond acceptors (Lipinski definition) is 5. The van der Waals surface area contributed by atoms with Crippen LogP contribution in [0.25, 0.3) is 10.9 Å². The van der Waals surface area contributed by atoms with Gasteiger partial charge in [0.25, 0.3) is 0 Å². The van der Waals surface area contributed by atoms with Gasteiger partial charge in [-0.25, -0.2) is 0 Å². The van der Waals surface area contributed by atoms with Crippen LogP contribution in [-0.2, 0) is 0 Å². The van der Waals surface area contributed by atoms with E-state index in [1.54, 1.807) is 7.11 Å². The summed E-state index contributed by atoms with van der Waals surface area (Å²) in [6.07, 6.45) is 0. The predicted octanol–water partition coefficient (Wildman–Crippen LogP) is 4.07. The molecule has 3 aromatic rings. The third kappa shape index (κ3) is 2.50. The summed E-state index contributed by atoms with van der Waals surface area (Å²) < 4.78 is 22.1. The van der Waals surface area contributed by atoms with E-state index in [1.807, 2.05) is 49.4 Å². The highest BCUT2D eigenvalue weighted by molar-refractivity contribution is 5.87. The molecular formula is C18H15NO4. The quantitative estimate of drug-likeness (QED) is 0.730. The smallest absolute Gasteiger partial charge is 0.231 e. The maximum Gasteiger partial charge on any atom is 0.231 e. The molecule has 2 heterocycles. The summed E-state index contributed by atoms with van der Waals surface area (Å²) in [5.41, 5.74) is 1.75. The molecule has 0 atom stereocenters. The van der Waals surface area contributed by atoms with E-state index < -0.39 is 0 Å². The second kappa shape index (κ2) is 5.35. The Morgan fingerprint density at radius 3 is 2.65 bits per heavy atom. The van der Waals surface area contributed by atoms with Crippen LogP contribution in [0.3, 0.4) is 0 Å². The molecule has 1 aliphatic rings. The summed E-state index contributed by atoms with van der Waals surface area (Å²) in [6, 6.07) is 13.2. The lowest BCUT2D eigenvalue weighted by molar-refractivity contribution is 0.174. The van der Waals surface area contributed by atoms with Crippen LogP contribution in [0.1, 0.15) is 5.69 Å². The number of methoxy groups -OCH3 is 1. The zero-order valence-electron chi connectivity index (χ0n) is 12.8. The normalized spacial score (nSPS) is 12.4. The zero-order valence-corrected chi connectivity index (χ0v) is 12.8. The number of nitrogens with zero attached hydrogens (tertiary/aromatic N) is 1. The topological polar surface area (TPSA) is 49.8 Å². The molecule has 0 amide bonds. The van der Waals surface area contributed by atoms with Gasteiger partial charge in [-0.15, -0.1) is 0 Å². The number of ether oxygens (including phenoxy) is 4. The van der Waals surface area contributed by atoms with E-state index in [1.165, 1.54) is 0 Å². The van der Waals surface area contributed by atoms with Gasteiger partial charge in [0, 0.05) is 23.2 Å². The Kier molecular flexibility index (Phi) is 3.19. The monoisotopic (exact) mass is 309 g/mol. The first-order valence-electron chi connectivity index (χ1n) is 7.26. The van der Waals surface area contributed by atoms with Gasteiger partial charge in [0.05, 0.1) is 12.6 Å². The summed E-state index contributed by atoms with van der Waals surface area (Å²) >= 11 is 0. The van der Waals surface area contributed by atoms with Crippen molar-refractivity contribution < 1.29 is 18.9 Å². The molecule has 116 valence electrons. The van der Waals surface area contributed by atoms with Gasteiger partial charge in [-0.2, -0.15) is 0 Å². The Balaban J connectivity index is 1.78. The molecule has 0 saturated heterocycles. The summed E-state index contributed by atoms with van der Waals surface area (Å²) in [5.74, 6) is 3.60. The molecule has 2 aromatic carbocycles. The zero-order chi connectivity index (χ0) is 15.8. The molecule has 1 aromatic heterocycles. The number of rotatable bonds is 3. The van der Waals surface area contributed by atoms with Crippen molar-refractivity contribution in [2.75, 3.05) is 13.9 Å². The van der Waals surface area contributed by atoms with Crippen LogP contribution in [0.15, 0.2) is 42.5 Å². The van der Waals surface area contributed by atoms with Gasteiger partial charge in [-0.05, 0) is 37.3 Å². The number of benzene rings is 2. The minimum absolute atomic E-state index is 0.243. The fraction of sp³-hybridized carbons (Fsp3) is 0.167. The first kappa shape index (κ1) is 13.7. The SMILES string of the molecule is COc1ccc2nc(C)cc(Oc3ccc4c(c3)OCO4)c2c1. The van der Waals surface area contributed by atoms with Gasteiger partial charge in [0.15, 0.2) is 11.5 Å². The Labute approximate surface area is 133 Å². The van der Waals surface area contributed by atoms with Crippen LogP contribution in [0.5, 0.6) is 28.7 Å². The van der Waals surface area contributed by atoms with Crippen LogP contribution in [0.4, 0.5) is 0 Å². The lowest BCUT2D eigenvalue weighted by Crippen LogP contribution is -1.93. The number of pyridine rings is 1. The molecule has 5 heteroatoms. The summed E-state index contributed by atoms with van der Waals surface area (Å²) in [7, 11) is 1.64. The summed E-state index contributed by atoms with van der Waals surface area (Å²) in [5, 5.41) is 0.896. The molecule has 0 unspecified atom stereocenters. The predicted molar refractivity (Wildman–Crippen MR) is 85.7 cm³/mol. The van der Waals surface area contributed by atoms with Crippen molar-refractivity contribution in [2.24, 2.45) is 0 Å². The number of aryl methyl sites for hydroxylation is 1. The minimum atomic E-state index is 0.243. The molecule has 0 saturated carbocycles. The molecule has 0 fully saturated rings. The lowest BCUT2D eigenvalue weighted by atomic mass is 10.1. The average molecular weight is 309 g/mol. The van der Waals surface area contributed by atoms with Gasteiger partial charge in [-0.3, -0.25) is 4.98 Å². The Bertz CT molecular complexity index is 892. The van der Waals surface area contributed by atoms with E-state index >= 15 is 0 Å². The first-order valence-corrected chi connectivity index (χ1v) is 7.26. The van der Waals surface area contributed by atoms with Crippen LogP contribution >= 0.6 is 0 Å². The summed E-state index contributed by atoms with van der Waals surface area (Å²) in [6.45, 7) is 2.18. The van der Waals surface area contributed by atoms with E-state index in [2.05, 4.69) is 4.98 Å². The fourth-order valence-corrected chi connectivity index (χ4v) is 2.58. The van der Waals surface area contributed by atoms with Gasteiger partial charge in [0.1, 0.15) is 17.2 Å². The van der Waals surface area contributed by atoms with Crippen molar-refractivity contribution in [3.63, 3.8) is 0 Å². The maximum atomic E-state index is 6.07. The van der Waals surface area contributed by atoms with Gasteiger partial charge in [0.2, 0.25) is 6.79 Å². The van der Waals surface area contributed by atoms with E-state index in [-0.39, 0.29) is 6.79 Å². The van der Waals surface area contributed by atoms with E-state index in [0.717, 1.165) is 33.8 Å². The van der Waals surface area contributed by atoms with Crippen LogP contribution in [0, 0.1) is 6.92 Å². The number of fused-ring (bicyclic) bond motifs is 2. The molecule has 0 spiro atoms. The highest BCUT2D eigenvalue weighted by Crippen LogP contribution is 2.38. The van der Waals surface area contributed by atoms with Crippen molar-refractivity contribution in [3.8, 4) is 28.7 Å². The van der Waals surface area contributed by atoms with E-state index in [4.69, 9.17) is 18.9 Å². The Morgan fingerprint density at radius 1 is 0.957 bits per heavy atom. The molecular weight excluding hydrogens is 294 g/mol. The highest BCUT2D eigenvalue weighted by atomic mass is 16.7. The fourth-order valence-electron chi connectivity index (χ4n) is 2.58. The number of hydrogen-bond donors (Lipinski definition) is 0. The first-order chi connectivity index (χ1) is 11.2. The number of aromatic nitrogens is 1. The maximum absolute atomic E-state index is 6.07.